The lowest BCUT2D eigenvalue weighted by Crippen LogP contribution is -2.27. The van der Waals surface area contributed by atoms with Crippen molar-refractivity contribution in [3.63, 3.8) is 0 Å². The molecule has 1 amide bonds. The first kappa shape index (κ1) is 19.0. The molecule has 2 N–H and O–H groups in total. The van der Waals surface area contributed by atoms with Gasteiger partial charge in [-0.2, -0.15) is 0 Å². The summed E-state index contributed by atoms with van der Waals surface area (Å²) in [6.45, 7) is 0.605. The molecule has 5 nitrogen and oxygen atoms in total. The minimum Gasteiger partial charge on any atom is -0.454 e. The molecule has 0 aliphatic carbocycles. The summed E-state index contributed by atoms with van der Waals surface area (Å²) in [4.78, 5) is 12.2. The van der Waals surface area contributed by atoms with E-state index in [4.69, 9.17) is 9.47 Å². The van der Waals surface area contributed by atoms with Crippen LogP contribution in [0.1, 0.15) is 23.7 Å². The van der Waals surface area contributed by atoms with Crippen LogP contribution in [0.3, 0.4) is 0 Å². The fourth-order valence-electron chi connectivity index (χ4n) is 3.33. The number of carbonyl (C=O) groups excluding carboxylic acids is 1. The summed E-state index contributed by atoms with van der Waals surface area (Å²) in [6.07, 6.45) is 0.0722. The van der Waals surface area contributed by atoms with E-state index in [1.54, 1.807) is 12.1 Å². The van der Waals surface area contributed by atoms with E-state index < -0.39 is 6.10 Å². The fourth-order valence-corrected chi connectivity index (χ4v) is 3.33. The van der Waals surface area contributed by atoms with Crippen molar-refractivity contribution >= 4 is 5.91 Å². The molecule has 3 aromatic rings. The van der Waals surface area contributed by atoms with Gasteiger partial charge in [-0.05, 0) is 40.8 Å². The SMILES string of the molecule is O=C(Cc1ccc(-c2ccccc2)cc1)NCCC(O)c1ccc2c(c1)OCO2. The predicted octanol–water partition coefficient (Wildman–Crippen LogP) is 3.86. The Kier molecular flexibility index (Phi) is 5.77. The Morgan fingerprint density at radius 2 is 1.66 bits per heavy atom. The summed E-state index contributed by atoms with van der Waals surface area (Å²) in [5.41, 5.74) is 3.99. The van der Waals surface area contributed by atoms with Gasteiger partial charge in [0.05, 0.1) is 12.5 Å². The molecular weight excluding hydrogens is 366 g/mol. The number of nitrogens with one attached hydrogen (secondary N) is 1. The van der Waals surface area contributed by atoms with Gasteiger partial charge in [-0.1, -0.05) is 60.7 Å². The van der Waals surface area contributed by atoms with Crippen LogP contribution < -0.4 is 14.8 Å². The van der Waals surface area contributed by atoms with Crippen molar-refractivity contribution in [1.82, 2.24) is 5.32 Å². The molecule has 1 aliphatic heterocycles. The molecule has 3 aromatic carbocycles. The second-order valence-electron chi connectivity index (χ2n) is 7.01. The number of benzene rings is 3. The molecule has 0 bridgehead atoms. The molecule has 0 spiro atoms. The van der Waals surface area contributed by atoms with E-state index in [1.165, 1.54) is 0 Å². The summed E-state index contributed by atoms with van der Waals surface area (Å²) in [5.74, 6) is 1.27. The molecule has 0 aromatic heterocycles. The summed E-state index contributed by atoms with van der Waals surface area (Å²) in [5, 5.41) is 13.2. The van der Waals surface area contributed by atoms with E-state index in [0.29, 0.717) is 30.9 Å². The molecular formula is C24H23NO4. The van der Waals surface area contributed by atoms with Gasteiger partial charge in [-0.15, -0.1) is 0 Å². The molecule has 0 saturated heterocycles. The van der Waals surface area contributed by atoms with Crippen molar-refractivity contribution in [2.75, 3.05) is 13.3 Å². The van der Waals surface area contributed by atoms with Gasteiger partial charge in [0, 0.05) is 6.54 Å². The van der Waals surface area contributed by atoms with Crippen molar-refractivity contribution in [3.8, 4) is 22.6 Å². The van der Waals surface area contributed by atoms with Gasteiger partial charge < -0.3 is 19.9 Å². The number of fused-ring (bicyclic) bond motifs is 1. The molecule has 1 aliphatic rings. The predicted molar refractivity (Wildman–Crippen MR) is 111 cm³/mol. The van der Waals surface area contributed by atoms with Crippen molar-refractivity contribution < 1.29 is 19.4 Å². The van der Waals surface area contributed by atoms with Crippen LogP contribution in [0.25, 0.3) is 11.1 Å². The van der Waals surface area contributed by atoms with Crippen LogP contribution in [0.5, 0.6) is 11.5 Å². The van der Waals surface area contributed by atoms with Gasteiger partial charge in [0.2, 0.25) is 12.7 Å². The number of rotatable bonds is 7. The highest BCUT2D eigenvalue weighted by molar-refractivity contribution is 5.78. The highest BCUT2D eigenvalue weighted by atomic mass is 16.7. The highest BCUT2D eigenvalue weighted by Crippen LogP contribution is 2.34. The third kappa shape index (κ3) is 4.76. The van der Waals surface area contributed by atoms with Crippen LogP contribution in [0.2, 0.25) is 0 Å². The van der Waals surface area contributed by atoms with Crippen LogP contribution in [0.4, 0.5) is 0 Å². The Hall–Kier alpha value is -3.31. The van der Waals surface area contributed by atoms with Crippen LogP contribution >= 0.6 is 0 Å². The summed E-state index contributed by atoms with van der Waals surface area (Å²) < 4.78 is 10.6. The lowest BCUT2D eigenvalue weighted by atomic mass is 10.0. The van der Waals surface area contributed by atoms with E-state index >= 15 is 0 Å². The van der Waals surface area contributed by atoms with Gasteiger partial charge in [-0.25, -0.2) is 0 Å². The number of amides is 1. The Bertz CT molecular complexity index is 970. The lowest BCUT2D eigenvalue weighted by molar-refractivity contribution is -0.120. The minimum atomic E-state index is -0.671. The average Bonchev–Trinajstić information content (AvgIpc) is 3.23. The maximum atomic E-state index is 12.2. The number of carbonyl (C=O) groups is 1. The second kappa shape index (κ2) is 8.80. The number of hydrogen-bond donors (Lipinski definition) is 2. The first-order valence-electron chi connectivity index (χ1n) is 9.68. The summed E-state index contributed by atoms with van der Waals surface area (Å²) in [7, 11) is 0. The fraction of sp³-hybridized carbons (Fsp3) is 0.208. The molecule has 1 heterocycles. The van der Waals surface area contributed by atoms with E-state index in [9.17, 15) is 9.90 Å². The molecule has 0 radical (unpaired) electrons. The zero-order valence-corrected chi connectivity index (χ0v) is 16.0. The maximum Gasteiger partial charge on any atom is 0.231 e. The molecule has 1 unspecified atom stereocenters. The van der Waals surface area contributed by atoms with Crippen LogP contribution in [0.15, 0.2) is 72.8 Å². The Morgan fingerprint density at radius 3 is 2.45 bits per heavy atom. The van der Waals surface area contributed by atoms with Gasteiger partial charge >= 0.3 is 0 Å². The van der Waals surface area contributed by atoms with Crippen LogP contribution in [0, 0.1) is 0 Å². The van der Waals surface area contributed by atoms with Crippen molar-refractivity contribution in [2.24, 2.45) is 0 Å². The molecule has 29 heavy (non-hydrogen) atoms. The number of ether oxygens (including phenoxy) is 2. The zero-order chi connectivity index (χ0) is 20.1. The summed E-state index contributed by atoms with van der Waals surface area (Å²) in [6, 6.07) is 23.5. The number of aliphatic hydroxyl groups is 1. The van der Waals surface area contributed by atoms with Gasteiger partial charge in [0.1, 0.15) is 0 Å². The average molecular weight is 389 g/mol. The molecule has 0 fully saturated rings. The van der Waals surface area contributed by atoms with E-state index in [2.05, 4.69) is 17.4 Å². The van der Waals surface area contributed by atoms with Gasteiger partial charge in [-0.3, -0.25) is 4.79 Å². The molecule has 1 atom stereocenters. The minimum absolute atomic E-state index is 0.0599. The van der Waals surface area contributed by atoms with Gasteiger partial charge in [0.25, 0.3) is 0 Å². The standard InChI is InChI=1S/C24H23NO4/c26-21(20-10-11-22-23(15-20)29-16-28-22)12-13-25-24(27)14-17-6-8-19(9-7-17)18-4-2-1-3-5-18/h1-11,15,21,26H,12-14,16H2,(H,25,27). The third-order valence-corrected chi connectivity index (χ3v) is 4.95. The number of aliphatic hydroxyl groups excluding tert-OH is 1. The van der Waals surface area contributed by atoms with Crippen LogP contribution in [-0.2, 0) is 11.2 Å². The zero-order valence-electron chi connectivity index (χ0n) is 16.0. The first-order valence-corrected chi connectivity index (χ1v) is 9.68. The van der Waals surface area contributed by atoms with Crippen molar-refractivity contribution in [1.29, 1.82) is 0 Å². The summed E-state index contributed by atoms with van der Waals surface area (Å²) >= 11 is 0. The normalized spacial score (nSPS) is 13.1. The topological polar surface area (TPSA) is 67.8 Å². The van der Waals surface area contributed by atoms with Crippen LogP contribution in [-0.4, -0.2) is 24.4 Å². The second-order valence-corrected chi connectivity index (χ2v) is 7.01. The molecule has 0 saturated carbocycles. The third-order valence-electron chi connectivity index (χ3n) is 4.95. The van der Waals surface area contributed by atoms with Crippen molar-refractivity contribution in [3.05, 3.63) is 83.9 Å². The van der Waals surface area contributed by atoms with E-state index in [-0.39, 0.29) is 12.7 Å². The maximum absolute atomic E-state index is 12.2. The Labute approximate surface area is 169 Å². The van der Waals surface area contributed by atoms with E-state index in [0.717, 1.165) is 22.3 Å². The highest BCUT2D eigenvalue weighted by Gasteiger charge is 2.16. The van der Waals surface area contributed by atoms with Crippen molar-refractivity contribution in [2.45, 2.75) is 18.9 Å². The number of hydrogen-bond acceptors (Lipinski definition) is 4. The smallest absolute Gasteiger partial charge is 0.231 e. The molecule has 5 heteroatoms. The Morgan fingerprint density at radius 1 is 0.931 bits per heavy atom. The largest absolute Gasteiger partial charge is 0.454 e. The quantitative estimate of drug-likeness (QED) is 0.644. The lowest BCUT2D eigenvalue weighted by Gasteiger charge is -2.12. The molecule has 4 rings (SSSR count). The monoisotopic (exact) mass is 389 g/mol. The van der Waals surface area contributed by atoms with E-state index in [1.807, 2.05) is 48.5 Å². The van der Waals surface area contributed by atoms with Gasteiger partial charge in [0.15, 0.2) is 11.5 Å². The molecule has 148 valence electrons. The Balaban J connectivity index is 1.25. The first-order chi connectivity index (χ1) is 14.2.